The van der Waals surface area contributed by atoms with Crippen LogP contribution < -0.4 is 0 Å². The van der Waals surface area contributed by atoms with E-state index in [0.717, 1.165) is 148 Å². The molecule has 0 saturated carbocycles. The van der Waals surface area contributed by atoms with Crippen LogP contribution >= 0.6 is 0 Å². The first-order chi connectivity index (χ1) is 39.5. The first-order valence-corrected chi connectivity index (χ1v) is 32.1. The zero-order valence-electron chi connectivity index (χ0n) is 51.3. The summed E-state index contributed by atoms with van der Waals surface area (Å²) in [6, 6.07) is 0. The van der Waals surface area contributed by atoms with Gasteiger partial charge in [-0.25, -0.2) is 0 Å². The largest absolute Gasteiger partial charge is 0.462 e. The smallest absolute Gasteiger partial charge is 0.306 e. The summed E-state index contributed by atoms with van der Waals surface area (Å²) in [5.41, 5.74) is 0. The molecule has 0 fully saturated rings. The quantitative estimate of drug-likeness (QED) is 0.0261. The molecule has 0 aliphatic heterocycles. The van der Waals surface area contributed by atoms with Crippen LogP contribution in [0.15, 0.2) is 170 Å². The van der Waals surface area contributed by atoms with Crippen molar-refractivity contribution >= 4 is 17.9 Å². The lowest BCUT2D eigenvalue weighted by atomic mass is 10.1. The topological polar surface area (TPSA) is 78.9 Å². The Labute approximate surface area is 492 Å². The normalized spacial score (nSPS) is 13.3. The van der Waals surface area contributed by atoms with Gasteiger partial charge in [-0.15, -0.1) is 0 Å². The Bertz CT molecular complexity index is 1840. The number of unbranched alkanes of at least 4 members (excludes halogenated alkanes) is 17. The molecule has 1 atom stereocenters. The van der Waals surface area contributed by atoms with Gasteiger partial charge in [0, 0.05) is 19.3 Å². The standard InChI is InChI=1S/C74H116O6/c1-4-7-10-13-16-19-21-23-25-27-29-31-32-33-34-35-36-37-38-39-40-41-42-44-45-47-49-51-53-55-58-61-64-67-73(76)79-70-71(69-78-72(75)66-63-60-57-18-15-12-9-6-3)80-74(77)68-65-62-59-56-54-52-50-48-46-43-30-28-26-24-22-20-17-14-11-8-5-2/h7-8,10-11,16-17,19-20,23-26,29-31,33-34,36-37,39-40,42-44,47,49,53,55,71H,4-6,9,12-15,18,21-22,27-28,32,35,38,41,45-46,48,50-52,54,56-70H2,1-3H3/b10-7-,11-8-,19-16-,20-17-,25-23-,26-24-,31-29-,34-33-,37-36-,40-39-,43-30-,44-42-,49-47-,55-53-. The van der Waals surface area contributed by atoms with Crippen LogP contribution in [0.25, 0.3) is 0 Å². The summed E-state index contributed by atoms with van der Waals surface area (Å²) in [6.07, 6.45) is 98.0. The van der Waals surface area contributed by atoms with Gasteiger partial charge in [0.15, 0.2) is 6.10 Å². The molecule has 0 radical (unpaired) electrons. The van der Waals surface area contributed by atoms with E-state index in [1.165, 1.54) is 64.2 Å². The van der Waals surface area contributed by atoms with E-state index in [9.17, 15) is 14.4 Å². The van der Waals surface area contributed by atoms with E-state index in [2.05, 4.69) is 191 Å². The SMILES string of the molecule is CC/C=C\C/C=C\C/C=C\C/C=C\C/C=C\C/C=C\C/C=C\C/C=C\C/C=C\C/C=C\CCCCC(=O)OCC(COC(=O)CCCCCCCCCC)OC(=O)CCCCCCCCCC/C=C\C/C=C\C/C=C\C/C=C\CC. The Balaban J connectivity index is 4.31. The molecule has 0 rings (SSSR count). The van der Waals surface area contributed by atoms with Crippen molar-refractivity contribution in [1.82, 2.24) is 0 Å². The van der Waals surface area contributed by atoms with Crippen LogP contribution in [-0.4, -0.2) is 37.2 Å². The first kappa shape index (κ1) is 74.8. The van der Waals surface area contributed by atoms with E-state index < -0.39 is 6.10 Å². The van der Waals surface area contributed by atoms with Crippen LogP contribution in [0.2, 0.25) is 0 Å². The summed E-state index contributed by atoms with van der Waals surface area (Å²) < 4.78 is 16.8. The number of ether oxygens (including phenoxy) is 3. The summed E-state index contributed by atoms with van der Waals surface area (Å²) in [5, 5.41) is 0. The zero-order valence-corrected chi connectivity index (χ0v) is 51.3. The minimum absolute atomic E-state index is 0.101. The fourth-order valence-electron chi connectivity index (χ4n) is 8.23. The van der Waals surface area contributed by atoms with Gasteiger partial charge in [-0.2, -0.15) is 0 Å². The number of carbonyl (C=O) groups is 3. The van der Waals surface area contributed by atoms with E-state index in [-0.39, 0.29) is 31.1 Å². The number of allylic oxidation sites excluding steroid dienone is 28. The molecule has 0 heterocycles. The Morgan fingerprint density at radius 1 is 0.263 bits per heavy atom. The Morgan fingerprint density at radius 2 is 0.487 bits per heavy atom. The van der Waals surface area contributed by atoms with Gasteiger partial charge in [-0.3, -0.25) is 14.4 Å². The molecule has 0 saturated heterocycles. The Kier molecular flexibility index (Phi) is 61.9. The van der Waals surface area contributed by atoms with Crippen molar-refractivity contribution < 1.29 is 28.6 Å². The van der Waals surface area contributed by atoms with Gasteiger partial charge in [-0.05, 0) is 135 Å². The van der Waals surface area contributed by atoms with Crippen LogP contribution in [0.4, 0.5) is 0 Å². The minimum Gasteiger partial charge on any atom is -0.462 e. The highest BCUT2D eigenvalue weighted by Gasteiger charge is 2.19. The fourth-order valence-corrected chi connectivity index (χ4v) is 8.23. The zero-order chi connectivity index (χ0) is 57.8. The van der Waals surface area contributed by atoms with Crippen molar-refractivity contribution in [3.05, 3.63) is 170 Å². The molecule has 0 amide bonds. The Morgan fingerprint density at radius 3 is 0.787 bits per heavy atom. The van der Waals surface area contributed by atoms with Crippen molar-refractivity contribution in [2.75, 3.05) is 13.2 Å². The fraction of sp³-hybridized carbons (Fsp3) is 0.581. The van der Waals surface area contributed by atoms with Crippen LogP contribution in [0.5, 0.6) is 0 Å². The number of esters is 3. The van der Waals surface area contributed by atoms with Gasteiger partial charge in [0.25, 0.3) is 0 Å². The van der Waals surface area contributed by atoms with E-state index in [4.69, 9.17) is 14.2 Å². The van der Waals surface area contributed by atoms with Crippen molar-refractivity contribution in [2.45, 2.75) is 264 Å². The second kappa shape index (κ2) is 66.3. The molecule has 0 aromatic rings. The predicted molar refractivity (Wildman–Crippen MR) is 348 cm³/mol. The van der Waals surface area contributed by atoms with Crippen molar-refractivity contribution in [3.8, 4) is 0 Å². The second-order valence-corrected chi connectivity index (χ2v) is 20.6. The highest BCUT2D eigenvalue weighted by Crippen LogP contribution is 2.14. The maximum atomic E-state index is 12.9. The third-order valence-electron chi connectivity index (χ3n) is 13.0. The predicted octanol–water partition coefficient (Wildman–Crippen LogP) is 22.3. The van der Waals surface area contributed by atoms with E-state index in [1.807, 2.05) is 0 Å². The lowest BCUT2D eigenvalue weighted by Gasteiger charge is -2.18. The summed E-state index contributed by atoms with van der Waals surface area (Å²) in [7, 11) is 0. The maximum absolute atomic E-state index is 12.9. The molecule has 0 aliphatic carbocycles. The number of rotatable bonds is 56. The van der Waals surface area contributed by atoms with Crippen molar-refractivity contribution in [2.24, 2.45) is 0 Å². The van der Waals surface area contributed by atoms with Gasteiger partial charge in [0.2, 0.25) is 0 Å². The molecule has 1 unspecified atom stereocenters. The van der Waals surface area contributed by atoms with E-state index >= 15 is 0 Å². The summed E-state index contributed by atoms with van der Waals surface area (Å²) in [6.45, 7) is 6.33. The van der Waals surface area contributed by atoms with Gasteiger partial charge in [0.05, 0.1) is 0 Å². The highest BCUT2D eigenvalue weighted by molar-refractivity contribution is 5.71. The molecule has 6 nitrogen and oxygen atoms in total. The van der Waals surface area contributed by atoms with Crippen LogP contribution in [-0.2, 0) is 28.6 Å². The highest BCUT2D eigenvalue weighted by atomic mass is 16.6. The molecular weight excluding hydrogens is 985 g/mol. The summed E-state index contributed by atoms with van der Waals surface area (Å²) >= 11 is 0. The van der Waals surface area contributed by atoms with Gasteiger partial charge < -0.3 is 14.2 Å². The third-order valence-corrected chi connectivity index (χ3v) is 13.0. The van der Waals surface area contributed by atoms with E-state index in [1.54, 1.807) is 0 Å². The number of carbonyl (C=O) groups excluding carboxylic acids is 3. The van der Waals surface area contributed by atoms with Crippen LogP contribution in [0.3, 0.4) is 0 Å². The molecule has 0 aliphatic rings. The molecule has 0 N–H and O–H groups in total. The van der Waals surface area contributed by atoms with Gasteiger partial charge in [-0.1, -0.05) is 274 Å². The third kappa shape index (κ3) is 63.6. The summed E-state index contributed by atoms with van der Waals surface area (Å²) in [4.78, 5) is 38.1. The lowest BCUT2D eigenvalue weighted by Crippen LogP contribution is -2.30. The van der Waals surface area contributed by atoms with Crippen LogP contribution in [0.1, 0.15) is 258 Å². The number of hydrogen-bond donors (Lipinski definition) is 0. The van der Waals surface area contributed by atoms with Gasteiger partial charge >= 0.3 is 17.9 Å². The van der Waals surface area contributed by atoms with Crippen molar-refractivity contribution in [1.29, 1.82) is 0 Å². The number of hydrogen-bond acceptors (Lipinski definition) is 6. The average molecular weight is 1100 g/mol. The molecule has 0 spiro atoms. The summed E-state index contributed by atoms with van der Waals surface area (Å²) in [5.74, 6) is -0.965. The second-order valence-electron chi connectivity index (χ2n) is 20.6. The van der Waals surface area contributed by atoms with Gasteiger partial charge in [0.1, 0.15) is 13.2 Å². The molecule has 0 aromatic carbocycles. The first-order valence-electron chi connectivity index (χ1n) is 32.1. The monoisotopic (exact) mass is 1100 g/mol. The lowest BCUT2D eigenvalue weighted by molar-refractivity contribution is -0.167. The van der Waals surface area contributed by atoms with E-state index in [0.29, 0.717) is 25.7 Å². The molecule has 6 heteroatoms. The maximum Gasteiger partial charge on any atom is 0.306 e. The Hall–Kier alpha value is -5.23. The average Bonchev–Trinajstić information content (AvgIpc) is 3.46. The molecule has 80 heavy (non-hydrogen) atoms. The van der Waals surface area contributed by atoms with Crippen molar-refractivity contribution in [3.63, 3.8) is 0 Å². The molecule has 0 bridgehead atoms. The molecule has 0 aromatic heterocycles. The van der Waals surface area contributed by atoms with Crippen LogP contribution in [0, 0.1) is 0 Å². The molecule has 448 valence electrons. The molecular formula is C74H116O6. The minimum atomic E-state index is -0.807.